The smallest absolute Gasteiger partial charge is 0.308 e. The molecule has 5 heteroatoms. The van der Waals surface area contributed by atoms with E-state index in [1.165, 1.54) is 7.11 Å². The number of carbonyl (C=O) groups excluding carboxylic acids is 3. The number of rotatable bonds is 6. The second kappa shape index (κ2) is 6.64. The molecule has 0 aromatic rings. The lowest BCUT2D eigenvalue weighted by Crippen LogP contribution is -2.26. The highest BCUT2D eigenvalue weighted by molar-refractivity contribution is 6.11. The first kappa shape index (κ1) is 14.8. The minimum absolute atomic E-state index is 0.120. The third-order valence-corrected chi connectivity index (χ3v) is 3.42. The van der Waals surface area contributed by atoms with Crippen LogP contribution in [0.4, 0.5) is 0 Å². The maximum Gasteiger partial charge on any atom is 0.308 e. The number of carbonyl (C=O) groups is 3. The van der Waals surface area contributed by atoms with Crippen LogP contribution in [0.2, 0.25) is 0 Å². The largest absolute Gasteiger partial charge is 0.469 e. The molecule has 1 rings (SSSR count). The van der Waals surface area contributed by atoms with Gasteiger partial charge in [-0.3, -0.25) is 14.4 Å². The van der Waals surface area contributed by atoms with Crippen LogP contribution < -0.4 is 0 Å². The second-order valence-corrected chi connectivity index (χ2v) is 4.74. The van der Waals surface area contributed by atoms with Gasteiger partial charge in [0.15, 0.2) is 5.78 Å². The van der Waals surface area contributed by atoms with Gasteiger partial charge < -0.3 is 9.84 Å². The monoisotopic (exact) mass is 256 g/mol. The van der Waals surface area contributed by atoms with E-state index in [9.17, 15) is 19.5 Å². The van der Waals surface area contributed by atoms with Crippen LogP contribution in [0, 0.1) is 11.8 Å². The topological polar surface area (TPSA) is 80.7 Å². The van der Waals surface area contributed by atoms with Crippen molar-refractivity contribution in [3.63, 3.8) is 0 Å². The van der Waals surface area contributed by atoms with Gasteiger partial charge in [-0.2, -0.15) is 0 Å². The average Bonchev–Trinajstić information content (AvgIpc) is 2.59. The van der Waals surface area contributed by atoms with Gasteiger partial charge in [0.25, 0.3) is 0 Å². The zero-order valence-corrected chi connectivity index (χ0v) is 10.8. The van der Waals surface area contributed by atoms with Gasteiger partial charge in [0.2, 0.25) is 0 Å². The Morgan fingerprint density at radius 2 is 2.17 bits per heavy atom. The van der Waals surface area contributed by atoms with Crippen molar-refractivity contribution >= 4 is 17.5 Å². The molecule has 102 valence electrons. The van der Waals surface area contributed by atoms with Crippen molar-refractivity contribution in [2.24, 2.45) is 11.8 Å². The third-order valence-electron chi connectivity index (χ3n) is 3.42. The summed E-state index contributed by atoms with van der Waals surface area (Å²) in [5, 5.41) is 9.34. The van der Waals surface area contributed by atoms with Crippen LogP contribution in [0.5, 0.6) is 0 Å². The SMILES string of the molecule is CCCCC(CC1C(=O)C[C@@H](O)C1=O)C(=O)OC. The summed E-state index contributed by atoms with van der Waals surface area (Å²) in [4.78, 5) is 34.8. The standard InChI is InChI=1S/C13H20O5/c1-3-4-5-8(13(17)18-2)6-9-10(14)7-11(15)12(9)16/h8-9,11,15H,3-7H2,1-2H3/t8?,9?,11-/m1/s1. The number of methoxy groups -OCH3 is 1. The minimum atomic E-state index is -1.19. The molecule has 1 N–H and O–H groups in total. The molecule has 18 heavy (non-hydrogen) atoms. The van der Waals surface area contributed by atoms with E-state index in [0.717, 1.165) is 12.8 Å². The van der Waals surface area contributed by atoms with Gasteiger partial charge >= 0.3 is 5.97 Å². The van der Waals surface area contributed by atoms with Gasteiger partial charge in [-0.05, 0) is 12.8 Å². The number of unbranched alkanes of at least 4 members (excludes halogenated alkanes) is 1. The van der Waals surface area contributed by atoms with Crippen molar-refractivity contribution in [3.8, 4) is 0 Å². The summed E-state index contributed by atoms with van der Waals surface area (Å²) in [6, 6.07) is 0. The molecule has 1 saturated carbocycles. The molecular weight excluding hydrogens is 236 g/mol. The first-order valence-electron chi connectivity index (χ1n) is 6.33. The Bertz CT molecular complexity index is 336. The third kappa shape index (κ3) is 3.38. The molecule has 0 bridgehead atoms. The molecule has 0 aromatic heterocycles. The number of Topliss-reactive ketones (excluding diaryl/α,β-unsaturated/α-hetero) is 2. The van der Waals surface area contributed by atoms with Gasteiger partial charge in [-0.15, -0.1) is 0 Å². The highest BCUT2D eigenvalue weighted by Gasteiger charge is 2.42. The molecular formula is C13H20O5. The van der Waals surface area contributed by atoms with E-state index in [-0.39, 0.29) is 24.6 Å². The van der Waals surface area contributed by atoms with Crippen LogP contribution in [-0.2, 0) is 19.1 Å². The van der Waals surface area contributed by atoms with Crippen LogP contribution in [0.15, 0.2) is 0 Å². The number of ether oxygens (including phenoxy) is 1. The van der Waals surface area contributed by atoms with Crippen molar-refractivity contribution in [1.82, 2.24) is 0 Å². The number of aliphatic hydroxyl groups excluding tert-OH is 1. The van der Waals surface area contributed by atoms with E-state index in [1.807, 2.05) is 6.92 Å². The van der Waals surface area contributed by atoms with Crippen molar-refractivity contribution in [2.45, 2.75) is 45.1 Å². The first-order chi connectivity index (χ1) is 8.51. The average molecular weight is 256 g/mol. The number of esters is 1. The van der Waals surface area contributed by atoms with E-state index in [0.29, 0.717) is 6.42 Å². The van der Waals surface area contributed by atoms with Crippen molar-refractivity contribution in [1.29, 1.82) is 0 Å². The Labute approximate surface area is 107 Å². The number of hydrogen-bond acceptors (Lipinski definition) is 5. The predicted molar refractivity (Wildman–Crippen MR) is 63.8 cm³/mol. The van der Waals surface area contributed by atoms with Crippen molar-refractivity contribution in [2.75, 3.05) is 7.11 Å². The fraction of sp³-hybridized carbons (Fsp3) is 0.769. The minimum Gasteiger partial charge on any atom is -0.469 e. The lowest BCUT2D eigenvalue weighted by atomic mass is 9.88. The fourth-order valence-electron chi connectivity index (χ4n) is 2.31. The Balaban J connectivity index is 2.67. The molecule has 0 spiro atoms. The second-order valence-electron chi connectivity index (χ2n) is 4.74. The summed E-state index contributed by atoms with van der Waals surface area (Å²) in [6.45, 7) is 2.00. The Morgan fingerprint density at radius 3 is 2.61 bits per heavy atom. The Morgan fingerprint density at radius 1 is 1.50 bits per heavy atom. The molecule has 0 heterocycles. The van der Waals surface area contributed by atoms with Crippen LogP contribution >= 0.6 is 0 Å². The molecule has 0 aliphatic heterocycles. The normalized spacial score (nSPS) is 25.3. The Kier molecular flexibility index (Phi) is 5.47. The molecule has 0 saturated heterocycles. The molecule has 2 unspecified atom stereocenters. The van der Waals surface area contributed by atoms with E-state index >= 15 is 0 Å². The van der Waals surface area contributed by atoms with Crippen molar-refractivity contribution < 1.29 is 24.2 Å². The lowest BCUT2D eigenvalue weighted by Gasteiger charge is -2.16. The van der Waals surface area contributed by atoms with Gasteiger partial charge in [0, 0.05) is 6.42 Å². The van der Waals surface area contributed by atoms with Crippen LogP contribution in [0.25, 0.3) is 0 Å². The summed E-state index contributed by atoms with van der Waals surface area (Å²) < 4.78 is 4.69. The van der Waals surface area contributed by atoms with E-state index in [4.69, 9.17) is 4.74 Å². The quantitative estimate of drug-likeness (QED) is 0.563. The summed E-state index contributed by atoms with van der Waals surface area (Å²) in [7, 11) is 1.30. The molecule has 0 radical (unpaired) electrons. The Hall–Kier alpha value is -1.23. The molecule has 1 fully saturated rings. The zero-order chi connectivity index (χ0) is 13.7. The molecule has 1 aliphatic rings. The van der Waals surface area contributed by atoms with Crippen molar-refractivity contribution in [3.05, 3.63) is 0 Å². The molecule has 0 aromatic carbocycles. The van der Waals surface area contributed by atoms with Gasteiger partial charge in [0.05, 0.1) is 18.9 Å². The number of aliphatic hydroxyl groups is 1. The van der Waals surface area contributed by atoms with Gasteiger partial charge in [0.1, 0.15) is 11.9 Å². The predicted octanol–water partition coefficient (Wildman–Crippen LogP) is 0.875. The lowest BCUT2D eigenvalue weighted by molar-refractivity contribution is -0.146. The maximum absolute atomic E-state index is 11.6. The van der Waals surface area contributed by atoms with E-state index in [2.05, 4.69) is 0 Å². The molecule has 0 amide bonds. The molecule has 1 aliphatic carbocycles. The van der Waals surface area contributed by atoms with Gasteiger partial charge in [-0.1, -0.05) is 19.8 Å². The van der Waals surface area contributed by atoms with Crippen LogP contribution in [0.3, 0.4) is 0 Å². The highest BCUT2D eigenvalue weighted by Crippen LogP contribution is 2.28. The maximum atomic E-state index is 11.6. The first-order valence-corrected chi connectivity index (χ1v) is 6.33. The van der Waals surface area contributed by atoms with Crippen LogP contribution in [-0.4, -0.2) is 35.9 Å². The summed E-state index contributed by atoms with van der Waals surface area (Å²) in [5.74, 6) is -2.37. The fourth-order valence-corrected chi connectivity index (χ4v) is 2.31. The van der Waals surface area contributed by atoms with Gasteiger partial charge in [-0.25, -0.2) is 0 Å². The molecule has 3 atom stereocenters. The molecule has 5 nitrogen and oxygen atoms in total. The number of hydrogen-bond donors (Lipinski definition) is 1. The number of ketones is 2. The summed E-state index contributed by atoms with van der Waals surface area (Å²) in [5.41, 5.74) is 0. The summed E-state index contributed by atoms with van der Waals surface area (Å²) in [6.07, 6.45) is 1.25. The van der Waals surface area contributed by atoms with Crippen LogP contribution in [0.1, 0.15) is 39.0 Å². The zero-order valence-electron chi connectivity index (χ0n) is 10.8. The highest BCUT2D eigenvalue weighted by atomic mass is 16.5. The van der Waals surface area contributed by atoms with E-state index < -0.39 is 23.7 Å². The summed E-state index contributed by atoms with van der Waals surface area (Å²) >= 11 is 0. The van der Waals surface area contributed by atoms with E-state index in [1.54, 1.807) is 0 Å².